The molecule has 2 heterocycles. The van der Waals surface area contributed by atoms with Gasteiger partial charge in [-0.15, -0.1) is 11.3 Å². The summed E-state index contributed by atoms with van der Waals surface area (Å²) in [6.07, 6.45) is 0. The van der Waals surface area contributed by atoms with Gasteiger partial charge in [0.1, 0.15) is 11.5 Å². The summed E-state index contributed by atoms with van der Waals surface area (Å²) in [5.74, 6) is 2.48. The van der Waals surface area contributed by atoms with Crippen molar-refractivity contribution < 1.29 is 4.42 Å². The van der Waals surface area contributed by atoms with E-state index in [1.54, 1.807) is 18.4 Å². The van der Waals surface area contributed by atoms with Crippen molar-refractivity contribution in [3.05, 3.63) is 63.8 Å². The maximum Gasteiger partial charge on any atom is 0.191 e. The normalized spacial score (nSPS) is 11.6. The Hall–Kier alpha value is -2.60. The predicted octanol–water partition coefficient (Wildman–Crippen LogP) is 3.89. The number of hydrogen-bond acceptors (Lipinski definition) is 4. The van der Waals surface area contributed by atoms with E-state index in [-0.39, 0.29) is 0 Å². The van der Waals surface area contributed by atoms with Crippen molar-refractivity contribution in [2.45, 2.75) is 26.9 Å². The number of rotatable bonds is 5. The van der Waals surface area contributed by atoms with Gasteiger partial charge in [-0.25, -0.2) is 4.98 Å². The molecule has 0 spiro atoms. The van der Waals surface area contributed by atoms with Gasteiger partial charge in [0.2, 0.25) is 0 Å². The molecule has 3 rings (SSSR count). The zero-order chi connectivity index (χ0) is 17.6. The molecule has 0 radical (unpaired) electrons. The zero-order valence-corrected chi connectivity index (χ0v) is 15.5. The molecule has 0 aliphatic carbocycles. The summed E-state index contributed by atoms with van der Waals surface area (Å²) in [4.78, 5) is 9.93. The van der Waals surface area contributed by atoms with Crippen molar-refractivity contribution in [1.29, 1.82) is 0 Å². The lowest BCUT2D eigenvalue weighted by atomic mass is 10.2. The van der Waals surface area contributed by atoms with Crippen LogP contribution in [0, 0.1) is 13.8 Å². The number of thiazole rings is 1. The molecule has 3 aromatic rings. The number of benzene rings is 1. The Kier molecular flexibility index (Phi) is 5.50. The average molecular weight is 354 g/mol. The number of aromatic nitrogens is 1. The van der Waals surface area contributed by atoms with Gasteiger partial charge in [-0.2, -0.15) is 0 Å². The lowest BCUT2D eigenvalue weighted by molar-refractivity contribution is 0.513. The number of nitrogens with one attached hydrogen (secondary N) is 2. The third kappa shape index (κ3) is 4.48. The molecule has 0 fully saturated rings. The molecule has 0 bridgehead atoms. The van der Waals surface area contributed by atoms with Gasteiger partial charge in [0.05, 0.1) is 23.8 Å². The molecule has 0 aliphatic rings. The Morgan fingerprint density at radius 2 is 1.84 bits per heavy atom. The van der Waals surface area contributed by atoms with Crippen LogP contribution in [0.5, 0.6) is 0 Å². The van der Waals surface area contributed by atoms with E-state index in [9.17, 15) is 0 Å². The summed E-state index contributed by atoms with van der Waals surface area (Å²) >= 11 is 1.71. The van der Waals surface area contributed by atoms with Crippen molar-refractivity contribution in [3.8, 4) is 11.3 Å². The summed E-state index contributed by atoms with van der Waals surface area (Å²) in [5, 5.41) is 7.68. The van der Waals surface area contributed by atoms with Crippen molar-refractivity contribution in [1.82, 2.24) is 15.6 Å². The van der Waals surface area contributed by atoms with Crippen LogP contribution in [-0.4, -0.2) is 18.0 Å². The minimum atomic E-state index is 0.577. The summed E-state index contributed by atoms with van der Waals surface area (Å²) < 4.78 is 5.90. The zero-order valence-electron chi connectivity index (χ0n) is 14.7. The van der Waals surface area contributed by atoms with E-state index in [2.05, 4.69) is 20.6 Å². The highest BCUT2D eigenvalue weighted by molar-refractivity contribution is 7.11. The second kappa shape index (κ2) is 7.98. The number of hydrogen-bond donors (Lipinski definition) is 2. The van der Waals surface area contributed by atoms with Crippen molar-refractivity contribution in [2.24, 2.45) is 4.99 Å². The molecule has 0 aliphatic heterocycles. The lowest BCUT2D eigenvalue weighted by Crippen LogP contribution is -2.36. The Morgan fingerprint density at radius 3 is 2.52 bits per heavy atom. The van der Waals surface area contributed by atoms with Crippen LogP contribution in [0.15, 0.2) is 51.9 Å². The van der Waals surface area contributed by atoms with Crippen molar-refractivity contribution >= 4 is 17.3 Å². The largest absolute Gasteiger partial charge is 0.459 e. The van der Waals surface area contributed by atoms with Gasteiger partial charge in [-0.1, -0.05) is 30.3 Å². The van der Waals surface area contributed by atoms with Crippen LogP contribution >= 0.6 is 11.3 Å². The fourth-order valence-corrected chi connectivity index (χ4v) is 3.40. The second-order valence-electron chi connectivity index (χ2n) is 5.65. The molecule has 0 atom stereocenters. The quantitative estimate of drug-likeness (QED) is 0.539. The standard InChI is InChI=1S/C19H22N4OS/c1-13-18(25-14(2)23-13)12-22-19(20-3)21-11-16-9-10-17(24-16)15-7-5-4-6-8-15/h4-10H,11-12H2,1-3H3,(H2,20,21,22). The maximum absolute atomic E-state index is 5.90. The Balaban J connectivity index is 1.55. The molecule has 0 amide bonds. The number of guanidine groups is 1. The first-order valence-electron chi connectivity index (χ1n) is 8.17. The Bertz CT molecular complexity index is 851. The van der Waals surface area contributed by atoms with E-state index in [0.717, 1.165) is 33.7 Å². The van der Waals surface area contributed by atoms with Crippen LogP contribution in [-0.2, 0) is 13.1 Å². The number of aliphatic imine (C=N–C) groups is 1. The second-order valence-corrected chi connectivity index (χ2v) is 6.94. The molecule has 25 heavy (non-hydrogen) atoms. The molecule has 1 aromatic carbocycles. The monoisotopic (exact) mass is 354 g/mol. The third-order valence-corrected chi connectivity index (χ3v) is 4.86. The van der Waals surface area contributed by atoms with Crippen LogP contribution in [0.1, 0.15) is 21.3 Å². The fourth-order valence-electron chi connectivity index (χ4n) is 2.52. The van der Waals surface area contributed by atoms with Crippen LogP contribution in [0.4, 0.5) is 0 Å². The predicted molar refractivity (Wildman–Crippen MR) is 103 cm³/mol. The minimum absolute atomic E-state index is 0.577. The van der Waals surface area contributed by atoms with E-state index < -0.39 is 0 Å². The van der Waals surface area contributed by atoms with Crippen molar-refractivity contribution in [3.63, 3.8) is 0 Å². The molecule has 2 aromatic heterocycles. The van der Waals surface area contributed by atoms with Gasteiger partial charge in [-0.3, -0.25) is 4.99 Å². The first-order valence-corrected chi connectivity index (χ1v) is 8.99. The van der Waals surface area contributed by atoms with E-state index in [1.807, 2.05) is 56.3 Å². The van der Waals surface area contributed by atoms with Crippen molar-refractivity contribution in [2.75, 3.05) is 7.05 Å². The molecule has 130 valence electrons. The highest BCUT2D eigenvalue weighted by Crippen LogP contribution is 2.21. The van der Waals surface area contributed by atoms with Gasteiger partial charge in [-0.05, 0) is 26.0 Å². The summed E-state index contributed by atoms with van der Waals surface area (Å²) in [6.45, 7) is 5.35. The van der Waals surface area contributed by atoms with E-state index >= 15 is 0 Å². The van der Waals surface area contributed by atoms with E-state index in [0.29, 0.717) is 13.1 Å². The average Bonchev–Trinajstić information content (AvgIpc) is 3.22. The molecule has 0 saturated heterocycles. The van der Waals surface area contributed by atoms with Gasteiger partial charge < -0.3 is 15.1 Å². The maximum atomic E-state index is 5.90. The van der Waals surface area contributed by atoms with Gasteiger partial charge in [0.25, 0.3) is 0 Å². The van der Waals surface area contributed by atoms with Crippen LogP contribution in [0.2, 0.25) is 0 Å². The molecular formula is C19H22N4OS. The number of aryl methyl sites for hydroxylation is 2. The molecule has 6 heteroatoms. The highest BCUT2D eigenvalue weighted by Gasteiger charge is 2.07. The summed E-state index contributed by atoms with van der Waals surface area (Å²) in [5.41, 5.74) is 2.15. The van der Waals surface area contributed by atoms with Crippen LogP contribution < -0.4 is 10.6 Å². The van der Waals surface area contributed by atoms with Crippen LogP contribution in [0.25, 0.3) is 11.3 Å². The summed E-state index contributed by atoms with van der Waals surface area (Å²) in [7, 11) is 1.76. The SMILES string of the molecule is CN=C(NCc1ccc(-c2ccccc2)o1)NCc1sc(C)nc1C. The minimum Gasteiger partial charge on any atom is -0.459 e. The Morgan fingerprint density at radius 1 is 1.08 bits per heavy atom. The van der Waals surface area contributed by atoms with Crippen LogP contribution in [0.3, 0.4) is 0 Å². The molecular weight excluding hydrogens is 332 g/mol. The van der Waals surface area contributed by atoms with Gasteiger partial charge in [0.15, 0.2) is 5.96 Å². The number of furan rings is 1. The van der Waals surface area contributed by atoms with Gasteiger partial charge >= 0.3 is 0 Å². The fraction of sp³-hybridized carbons (Fsp3) is 0.263. The van der Waals surface area contributed by atoms with E-state index in [1.165, 1.54) is 4.88 Å². The summed E-state index contributed by atoms with van der Waals surface area (Å²) in [6, 6.07) is 14.1. The first kappa shape index (κ1) is 17.2. The third-order valence-electron chi connectivity index (χ3n) is 3.79. The van der Waals surface area contributed by atoms with E-state index in [4.69, 9.17) is 4.42 Å². The Labute approximate surface area is 151 Å². The smallest absolute Gasteiger partial charge is 0.191 e. The highest BCUT2D eigenvalue weighted by atomic mass is 32.1. The molecule has 2 N–H and O–H groups in total. The van der Waals surface area contributed by atoms with Gasteiger partial charge in [0, 0.05) is 17.5 Å². The molecule has 5 nitrogen and oxygen atoms in total. The first-order chi connectivity index (χ1) is 12.2. The number of nitrogens with zero attached hydrogens (tertiary/aromatic N) is 2. The molecule has 0 unspecified atom stereocenters. The molecule has 0 saturated carbocycles. The lowest BCUT2D eigenvalue weighted by Gasteiger charge is -2.10. The topological polar surface area (TPSA) is 62.5 Å².